The summed E-state index contributed by atoms with van der Waals surface area (Å²) in [5.74, 6) is -0.620. The molecule has 20 heavy (non-hydrogen) atoms. The second-order valence-corrected chi connectivity index (χ2v) is 5.00. The van der Waals surface area contributed by atoms with Crippen LogP contribution in [-0.2, 0) is 4.74 Å². The van der Waals surface area contributed by atoms with Crippen molar-refractivity contribution < 1.29 is 14.3 Å². The first-order chi connectivity index (χ1) is 9.56. The summed E-state index contributed by atoms with van der Waals surface area (Å²) in [5, 5.41) is 8.75. The van der Waals surface area contributed by atoms with E-state index in [2.05, 4.69) is 16.0 Å². The number of thiophene rings is 1. The molecule has 112 valence electrons. The van der Waals surface area contributed by atoms with Crippen molar-refractivity contribution in [1.29, 1.82) is 0 Å². The van der Waals surface area contributed by atoms with Gasteiger partial charge in [-0.25, -0.2) is 0 Å². The molecule has 0 aliphatic heterocycles. The van der Waals surface area contributed by atoms with Crippen molar-refractivity contribution in [1.82, 2.24) is 10.6 Å². The molecule has 0 aliphatic carbocycles. The molecule has 0 aliphatic rings. The Kier molecular flexibility index (Phi) is 6.26. The van der Waals surface area contributed by atoms with E-state index < -0.39 is 0 Å². The molecule has 1 rings (SSSR count). The Morgan fingerprint density at radius 3 is 2.45 bits per heavy atom. The van der Waals surface area contributed by atoms with E-state index in [1.807, 2.05) is 0 Å². The normalized spacial score (nSPS) is 10.2. The highest BCUT2D eigenvalue weighted by atomic mass is 32.1. The van der Waals surface area contributed by atoms with Crippen molar-refractivity contribution in [2.75, 3.05) is 45.4 Å². The number of nitrogens with one attached hydrogen (secondary N) is 3. The predicted octanol–water partition coefficient (Wildman–Crippen LogP) is 0.498. The summed E-state index contributed by atoms with van der Waals surface area (Å²) in [6.07, 6.45) is 0.788. The molecule has 0 unspecified atom stereocenters. The lowest BCUT2D eigenvalue weighted by atomic mass is 10.2. The molecule has 8 heteroatoms. The van der Waals surface area contributed by atoms with Crippen LogP contribution in [0.2, 0.25) is 0 Å². The Hall–Kier alpha value is -1.80. The minimum Gasteiger partial charge on any atom is -0.397 e. The van der Waals surface area contributed by atoms with Gasteiger partial charge in [0, 0.05) is 34.4 Å². The third kappa shape index (κ3) is 3.61. The first-order valence-corrected chi connectivity index (χ1v) is 6.97. The summed E-state index contributed by atoms with van der Waals surface area (Å²) in [5.41, 5.74) is 6.42. The number of anilines is 2. The van der Waals surface area contributed by atoms with E-state index in [1.165, 1.54) is 25.4 Å². The summed E-state index contributed by atoms with van der Waals surface area (Å²) >= 11 is 1.17. The van der Waals surface area contributed by atoms with E-state index in [0.717, 1.165) is 6.42 Å². The molecule has 1 heterocycles. The lowest BCUT2D eigenvalue weighted by molar-refractivity contribution is 0.0963. The number of rotatable bonds is 7. The van der Waals surface area contributed by atoms with E-state index in [9.17, 15) is 9.59 Å². The maximum atomic E-state index is 11.9. The Balaban J connectivity index is 3.01. The second-order valence-electron chi connectivity index (χ2n) is 3.98. The van der Waals surface area contributed by atoms with Gasteiger partial charge in [-0.1, -0.05) is 0 Å². The monoisotopic (exact) mass is 300 g/mol. The molecule has 0 bridgehead atoms. The Bertz CT molecular complexity index is 487. The van der Waals surface area contributed by atoms with Gasteiger partial charge < -0.3 is 26.4 Å². The molecule has 1 aromatic rings. The fraction of sp³-hybridized carbons (Fsp3) is 0.500. The number of nitrogens with two attached hydrogens (primary N) is 1. The summed E-state index contributed by atoms with van der Waals surface area (Å²) in [6, 6.07) is 0. The van der Waals surface area contributed by atoms with Gasteiger partial charge in [-0.15, -0.1) is 11.3 Å². The molecule has 7 nitrogen and oxygen atoms in total. The fourth-order valence-electron chi connectivity index (χ4n) is 1.62. The van der Waals surface area contributed by atoms with Gasteiger partial charge in [0.15, 0.2) is 0 Å². The number of carbonyl (C=O) groups excluding carboxylic acids is 2. The summed E-state index contributed by atoms with van der Waals surface area (Å²) in [4.78, 5) is 23.9. The highest BCUT2D eigenvalue weighted by Gasteiger charge is 2.24. The standard InChI is InChI=1S/C12H20N4O3S/c1-14-10(17)7-8(13)9(11(18)15-2)20-12(7)16-5-4-6-19-3/h16H,4-6,13H2,1-3H3,(H,14,17)(H,15,18). The summed E-state index contributed by atoms with van der Waals surface area (Å²) < 4.78 is 4.96. The predicted molar refractivity (Wildman–Crippen MR) is 80.5 cm³/mol. The Morgan fingerprint density at radius 1 is 1.25 bits per heavy atom. The van der Waals surface area contributed by atoms with Crippen LogP contribution >= 0.6 is 11.3 Å². The third-order valence-corrected chi connectivity index (χ3v) is 3.81. The minimum absolute atomic E-state index is 0.197. The van der Waals surface area contributed by atoms with Crippen molar-refractivity contribution in [2.45, 2.75) is 6.42 Å². The molecule has 5 N–H and O–H groups in total. The zero-order chi connectivity index (χ0) is 15.1. The number of nitrogen functional groups attached to an aromatic ring is 1. The van der Waals surface area contributed by atoms with Crippen LogP contribution in [0.5, 0.6) is 0 Å². The number of amides is 2. The SMILES string of the molecule is CNC(=O)c1sc(NCCCOC)c(C(=O)NC)c1N. The van der Waals surface area contributed by atoms with E-state index in [1.54, 1.807) is 7.11 Å². The largest absolute Gasteiger partial charge is 0.397 e. The highest BCUT2D eigenvalue weighted by Crippen LogP contribution is 2.35. The molecule has 2 amide bonds. The van der Waals surface area contributed by atoms with Crippen LogP contribution < -0.4 is 21.7 Å². The van der Waals surface area contributed by atoms with Gasteiger partial charge >= 0.3 is 0 Å². The molecular weight excluding hydrogens is 280 g/mol. The number of hydrogen-bond donors (Lipinski definition) is 4. The summed E-state index contributed by atoms with van der Waals surface area (Å²) in [6.45, 7) is 1.25. The van der Waals surface area contributed by atoms with Gasteiger partial charge in [0.2, 0.25) is 0 Å². The number of carbonyl (C=O) groups is 2. The number of ether oxygens (including phenoxy) is 1. The van der Waals surface area contributed by atoms with Gasteiger partial charge in [0.05, 0.1) is 11.3 Å². The first-order valence-electron chi connectivity index (χ1n) is 6.16. The van der Waals surface area contributed by atoms with E-state index >= 15 is 0 Å². The lowest BCUT2D eigenvalue weighted by Crippen LogP contribution is -2.21. The van der Waals surface area contributed by atoms with Crippen molar-refractivity contribution in [3.63, 3.8) is 0 Å². The molecule has 0 atom stereocenters. The molecule has 1 aromatic heterocycles. The van der Waals surface area contributed by atoms with Crippen LogP contribution in [0.4, 0.5) is 10.7 Å². The average Bonchev–Trinajstić information content (AvgIpc) is 2.79. The number of methoxy groups -OCH3 is 1. The van der Waals surface area contributed by atoms with Crippen LogP contribution in [-0.4, -0.2) is 46.2 Å². The van der Waals surface area contributed by atoms with Crippen molar-refractivity contribution in [2.24, 2.45) is 0 Å². The van der Waals surface area contributed by atoms with Gasteiger partial charge in [-0.05, 0) is 6.42 Å². The van der Waals surface area contributed by atoms with E-state index in [0.29, 0.717) is 28.6 Å². The second kappa shape index (κ2) is 7.71. The van der Waals surface area contributed by atoms with Gasteiger partial charge in [0.25, 0.3) is 11.8 Å². The summed E-state index contributed by atoms with van der Waals surface area (Å²) in [7, 11) is 4.67. The average molecular weight is 300 g/mol. The molecule has 0 saturated heterocycles. The van der Waals surface area contributed by atoms with Crippen molar-refractivity contribution >= 4 is 33.8 Å². The molecule has 0 aromatic carbocycles. The zero-order valence-electron chi connectivity index (χ0n) is 11.8. The third-order valence-electron chi connectivity index (χ3n) is 2.64. The fourth-order valence-corrected chi connectivity index (χ4v) is 2.71. The number of hydrogen-bond acceptors (Lipinski definition) is 6. The van der Waals surface area contributed by atoms with Crippen LogP contribution in [0.3, 0.4) is 0 Å². The zero-order valence-corrected chi connectivity index (χ0v) is 12.6. The van der Waals surface area contributed by atoms with Crippen LogP contribution in [0.1, 0.15) is 26.5 Å². The smallest absolute Gasteiger partial charge is 0.263 e. The highest BCUT2D eigenvalue weighted by molar-refractivity contribution is 7.19. The van der Waals surface area contributed by atoms with Crippen LogP contribution in [0.15, 0.2) is 0 Å². The van der Waals surface area contributed by atoms with E-state index in [-0.39, 0.29) is 17.5 Å². The molecule has 0 fully saturated rings. The molecule has 0 spiro atoms. The van der Waals surface area contributed by atoms with Crippen molar-refractivity contribution in [3.05, 3.63) is 10.4 Å². The lowest BCUT2D eigenvalue weighted by Gasteiger charge is -2.06. The van der Waals surface area contributed by atoms with Gasteiger partial charge in [0.1, 0.15) is 9.88 Å². The maximum Gasteiger partial charge on any atom is 0.263 e. The van der Waals surface area contributed by atoms with Gasteiger partial charge in [-0.3, -0.25) is 9.59 Å². The Labute approximate surface area is 121 Å². The maximum absolute atomic E-state index is 11.9. The molecule has 0 radical (unpaired) electrons. The molecule has 0 saturated carbocycles. The minimum atomic E-state index is -0.317. The van der Waals surface area contributed by atoms with E-state index in [4.69, 9.17) is 10.5 Å². The quantitative estimate of drug-likeness (QED) is 0.549. The Morgan fingerprint density at radius 2 is 1.90 bits per heavy atom. The molecular formula is C12H20N4O3S. The van der Waals surface area contributed by atoms with Gasteiger partial charge in [-0.2, -0.15) is 0 Å². The topological polar surface area (TPSA) is 105 Å². The first kappa shape index (κ1) is 16.3. The van der Waals surface area contributed by atoms with Crippen molar-refractivity contribution in [3.8, 4) is 0 Å². The van der Waals surface area contributed by atoms with Crippen LogP contribution in [0, 0.1) is 0 Å². The van der Waals surface area contributed by atoms with Crippen LogP contribution in [0.25, 0.3) is 0 Å².